The zero-order chi connectivity index (χ0) is 15.7. The molecule has 0 aliphatic rings. The van der Waals surface area contributed by atoms with Gasteiger partial charge in [0, 0.05) is 5.69 Å². The normalized spacial score (nSPS) is 10.0. The lowest BCUT2D eigenvalue weighted by Crippen LogP contribution is -2.28. The number of anilines is 1. The highest BCUT2D eigenvalue weighted by Crippen LogP contribution is 2.11. The highest BCUT2D eigenvalue weighted by Gasteiger charge is 2.09. The molecular weight excluding hydrogens is 304 g/mol. The Labute approximate surface area is 138 Å². The molecular formula is C16H25ClN2O3. The first-order valence-electron chi connectivity index (χ1n) is 7.34. The molecule has 22 heavy (non-hydrogen) atoms. The molecule has 1 amide bonds. The molecule has 0 fully saturated rings. The van der Waals surface area contributed by atoms with Gasteiger partial charge in [0.05, 0.1) is 18.2 Å². The molecule has 0 bridgehead atoms. The molecule has 0 saturated heterocycles. The highest BCUT2D eigenvalue weighted by atomic mass is 35.5. The maximum Gasteiger partial charge on any atom is 0.338 e. The summed E-state index contributed by atoms with van der Waals surface area (Å²) in [6.07, 6.45) is 2.01. The number of unbranched alkanes of at least 4 members (excludes halogenated alkanes) is 1. The van der Waals surface area contributed by atoms with E-state index < -0.39 is 0 Å². The largest absolute Gasteiger partial charge is 0.459 e. The van der Waals surface area contributed by atoms with E-state index in [1.54, 1.807) is 38.1 Å². The zero-order valence-corrected chi connectivity index (χ0v) is 14.2. The van der Waals surface area contributed by atoms with E-state index in [4.69, 9.17) is 4.74 Å². The average Bonchev–Trinajstić information content (AvgIpc) is 2.43. The van der Waals surface area contributed by atoms with Crippen molar-refractivity contribution in [2.45, 2.75) is 39.7 Å². The smallest absolute Gasteiger partial charge is 0.338 e. The van der Waals surface area contributed by atoms with Gasteiger partial charge in [-0.25, -0.2) is 4.79 Å². The summed E-state index contributed by atoms with van der Waals surface area (Å²) in [5.41, 5.74) is 1.14. The molecule has 0 aliphatic carbocycles. The first-order chi connectivity index (χ1) is 10.0. The van der Waals surface area contributed by atoms with Crippen molar-refractivity contribution >= 4 is 30.0 Å². The summed E-state index contributed by atoms with van der Waals surface area (Å²) in [6.45, 7) is 6.84. The second-order valence-corrected chi connectivity index (χ2v) is 5.11. The van der Waals surface area contributed by atoms with Crippen molar-refractivity contribution < 1.29 is 14.3 Å². The minimum Gasteiger partial charge on any atom is -0.459 e. The van der Waals surface area contributed by atoms with Crippen LogP contribution in [-0.4, -0.2) is 31.1 Å². The summed E-state index contributed by atoms with van der Waals surface area (Å²) in [5.74, 6) is -0.451. The van der Waals surface area contributed by atoms with E-state index in [0.29, 0.717) is 11.3 Å². The van der Waals surface area contributed by atoms with Gasteiger partial charge in [0.25, 0.3) is 0 Å². The summed E-state index contributed by atoms with van der Waals surface area (Å²) in [7, 11) is 0. The number of nitrogens with one attached hydrogen (secondary N) is 2. The Kier molecular flexibility index (Phi) is 10.2. The van der Waals surface area contributed by atoms with Crippen LogP contribution in [0.5, 0.6) is 0 Å². The molecule has 0 aliphatic heterocycles. The first-order valence-corrected chi connectivity index (χ1v) is 7.34. The van der Waals surface area contributed by atoms with E-state index in [9.17, 15) is 9.59 Å². The topological polar surface area (TPSA) is 67.4 Å². The second kappa shape index (κ2) is 11.0. The number of hydrogen-bond acceptors (Lipinski definition) is 4. The van der Waals surface area contributed by atoms with Crippen LogP contribution < -0.4 is 10.6 Å². The summed E-state index contributed by atoms with van der Waals surface area (Å²) in [5, 5.41) is 5.84. The van der Waals surface area contributed by atoms with Gasteiger partial charge in [0.2, 0.25) is 5.91 Å². The maximum atomic E-state index is 11.7. The third-order valence-corrected chi connectivity index (χ3v) is 2.74. The molecule has 6 heteroatoms. The summed E-state index contributed by atoms with van der Waals surface area (Å²) < 4.78 is 5.10. The van der Waals surface area contributed by atoms with Crippen molar-refractivity contribution in [2.24, 2.45) is 0 Å². The van der Waals surface area contributed by atoms with Crippen LogP contribution in [0.15, 0.2) is 24.3 Å². The molecule has 1 rings (SSSR count). The average molecular weight is 329 g/mol. The van der Waals surface area contributed by atoms with Crippen LogP contribution in [0.2, 0.25) is 0 Å². The van der Waals surface area contributed by atoms with E-state index in [1.807, 2.05) is 0 Å². The van der Waals surface area contributed by atoms with Gasteiger partial charge in [0.1, 0.15) is 0 Å². The fourth-order valence-electron chi connectivity index (χ4n) is 1.68. The van der Waals surface area contributed by atoms with Crippen LogP contribution in [0.4, 0.5) is 5.69 Å². The van der Waals surface area contributed by atoms with Crippen molar-refractivity contribution in [3.63, 3.8) is 0 Å². The fraction of sp³-hybridized carbons (Fsp3) is 0.500. The van der Waals surface area contributed by atoms with Crippen LogP contribution in [0, 0.1) is 0 Å². The number of carbonyl (C=O) groups is 2. The Hall–Kier alpha value is -1.59. The summed E-state index contributed by atoms with van der Waals surface area (Å²) in [6, 6.07) is 6.68. The van der Waals surface area contributed by atoms with Crippen LogP contribution in [0.3, 0.4) is 0 Å². The lowest BCUT2D eigenvalue weighted by atomic mass is 10.2. The molecule has 0 unspecified atom stereocenters. The van der Waals surface area contributed by atoms with Crippen LogP contribution in [0.25, 0.3) is 0 Å². The molecule has 1 aromatic rings. The first kappa shape index (κ1) is 20.4. The van der Waals surface area contributed by atoms with Gasteiger partial charge in [-0.1, -0.05) is 13.3 Å². The van der Waals surface area contributed by atoms with Crippen LogP contribution in [-0.2, 0) is 9.53 Å². The molecule has 1 aromatic carbocycles. The second-order valence-electron chi connectivity index (χ2n) is 5.11. The molecule has 0 heterocycles. The van der Waals surface area contributed by atoms with Gasteiger partial charge >= 0.3 is 5.97 Å². The van der Waals surface area contributed by atoms with Crippen molar-refractivity contribution in [3.8, 4) is 0 Å². The monoisotopic (exact) mass is 328 g/mol. The Morgan fingerprint density at radius 3 is 2.36 bits per heavy atom. The van der Waals surface area contributed by atoms with Gasteiger partial charge in [-0.2, -0.15) is 0 Å². The molecule has 0 atom stereocenters. The molecule has 2 N–H and O–H groups in total. The number of hydrogen-bond donors (Lipinski definition) is 2. The quantitative estimate of drug-likeness (QED) is 0.568. The van der Waals surface area contributed by atoms with Crippen molar-refractivity contribution in [2.75, 3.05) is 18.4 Å². The number of halogens is 1. The third kappa shape index (κ3) is 8.00. The summed E-state index contributed by atoms with van der Waals surface area (Å²) >= 11 is 0. The van der Waals surface area contributed by atoms with Gasteiger partial charge in [-0.15, -0.1) is 12.4 Å². The molecule has 0 saturated carbocycles. The van der Waals surface area contributed by atoms with Gasteiger partial charge in [-0.05, 0) is 51.1 Å². The lowest BCUT2D eigenvalue weighted by Gasteiger charge is -2.09. The number of esters is 1. The molecule has 5 nitrogen and oxygen atoms in total. The number of benzene rings is 1. The van der Waals surface area contributed by atoms with Crippen molar-refractivity contribution in [1.82, 2.24) is 5.32 Å². The maximum absolute atomic E-state index is 11.7. The molecule has 124 valence electrons. The standard InChI is InChI=1S/C16H24N2O3.ClH/c1-4-5-10-17-11-15(19)18-14-8-6-13(7-9-14)16(20)21-12(2)3;/h6-9,12,17H,4-5,10-11H2,1-3H3,(H,18,19);1H. The minimum absolute atomic E-state index is 0. The fourth-order valence-corrected chi connectivity index (χ4v) is 1.68. The van der Waals surface area contributed by atoms with E-state index in [-0.39, 0.29) is 36.9 Å². The Morgan fingerprint density at radius 2 is 1.82 bits per heavy atom. The molecule has 0 radical (unpaired) electrons. The number of amides is 1. The van der Waals surface area contributed by atoms with Crippen LogP contribution in [0.1, 0.15) is 44.0 Å². The lowest BCUT2D eigenvalue weighted by molar-refractivity contribution is -0.115. The molecule has 0 spiro atoms. The zero-order valence-electron chi connectivity index (χ0n) is 13.3. The Balaban J connectivity index is 0.00000441. The van der Waals surface area contributed by atoms with Gasteiger partial charge < -0.3 is 15.4 Å². The predicted molar refractivity (Wildman–Crippen MR) is 90.6 cm³/mol. The van der Waals surface area contributed by atoms with Gasteiger partial charge in [-0.3, -0.25) is 4.79 Å². The van der Waals surface area contributed by atoms with E-state index >= 15 is 0 Å². The van der Waals surface area contributed by atoms with Crippen LogP contribution >= 0.6 is 12.4 Å². The van der Waals surface area contributed by atoms with Crippen molar-refractivity contribution in [1.29, 1.82) is 0 Å². The van der Waals surface area contributed by atoms with Crippen molar-refractivity contribution in [3.05, 3.63) is 29.8 Å². The predicted octanol–water partition coefficient (Wildman–Crippen LogP) is 3.00. The highest BCUT2D eigenvalue weighted by molar-refractivity contribution is 5.94. The Bertz CT molecular complexity index is 461. The van der Waals surface area contributed by atoms with E-state index in [0.717, 1.165) is 19.4 Å². The minimum atomic E-state index is -0.357. The van der Waals surface area contributed by atoms with E-state index in [1.165, 1.54) is 0 Å². The SMILES string of the molecule is CCCCNCC(=O)Nc1ccc(C(=O)OC(C)C)cc1.Cl. The number of ether oxygens (including phenoxy) is 1. The molecule has 0 aromatic heterocycles. The summed E-state index contributed by atoms with van der Waals surface area (Å²) in [4.78, 5) is 23.3. The number of rotatable bonds is 8. The Morgan fingerprint density at radius 1 is 1.18 bits per heavy atom. The van der Waals surface area contributed by atoms with Gasteiger partial charge in [0.15, 0.2) is 0 Å². The van der Waals surface area contributed by atoms with E-state index in [2.05, 4.69) is 17.6 Å². The number of carbonyl (C=O) groups excluding carboxylic acids is 2. The third-order valence-electron chi connectivity index (χ3n) is 2.74.